The molecule has 0 spiro atoms. The van der Waals surface area contributed by atoms with Gasteiger partial charge >= 0.3 is 0 Å². The first kappa shape index (κ1) is 19.9. The predicted octanol–water partition coefficient (Wildman–Crippen LogP) is 3.89. The number of benzene rings is 2. The van der Waals surface area contributed by atoms with E-state index in [0.717, 1.165) is 12.8 Å². The van der Waals surface area contributed by atoms with Crippen LogP contribution in [0.5, 0.6) is 0 Å². The number of hydrogen-bond donors (Lipinski definition) is 1. The number of rotatable bonds is 8. The van der Waals surface area contributed by atoms with E-state index < -0.39 is 15.8 Å². The van der Waals surface area contributed by atoms with E-state index in [-0.39, 0.29) is 16.5 Å². The highest BCUT2D eigenvalue weighted by Gasteiger charge is 2.19. The Bertz CT molecular complexity index is 845. The van der Waals surface area contributed by atoms with Gasteiger partial charge in [0.2, 0.25) is 0 Å². The van der Waals surface area contributed by atoms with E-state index in [0.29, 0.717) is 18.7 Å². The average molecular weight is 378 g/mol. The number of carbonyl (C=O) groups excluding carboxylic acids is 1. The first-order valence-corrected chi connectivity index (χ1v) is 10.0. The van der Waals surface area contributed by atoms with Crippen molar-refractivity contribution in [3.63, 3.8) is 0 Å². The molecule has 5 nitrogen and oxygen atoms in total. The lowest BCUT2D eigenvalue weighted by atomic mass is 10.2. The number of nitrogens with one attached hydrogen (secondary N) is 1. The summed E-state index contributed by atoms with van der Waals surface area (Å²) >= 11 is 0. The van der Waals surface area contributed by atoms with Crippen LogP contribution in [0.4, 0.5) is 10.1 Å². The van der Waals surface area contributed by atoms with Crippen molar-refractivity contribution in [2.24, 2.45) is 0 Å². The molecular weight excluding hydrogens is 355 g/mol. The first-order chi connectivity index (χ1) is 12.4. The highest BCUT2D eigenvalue weighted by molar-refractivity contribution is 7.92. The standard InChI is InChI=1S/C19H23FN2O3S/c1-3-12-22(13-4-2)19(23)15-6-5-7-18(14-15)26(24,25)21-17-10-8-16(20)9-11-17/h5-11,14,21H,3-4,12-13H2,1-2H3. The molecule has 0 bridgehead atoms. The first-order valence-electron chi connectivity index (χ1n) is 8.55. The lowest BCUT2D eigenvalue weighted by Gasteiger charge is -2.21. The molecule has 0 atom stereocenters. The van der Waals surface area contributed by atoms with E-state index in [4.69, 9.17) is 0 Å². The molecule has 0 unspecified atom stereocenters. The summed E-state index contributed by atoms with van der Waals surface area (Å²) in [5.41, 5.74) is 0.579. The smallest absolute Gasteiger partial charge is 0.261 e. The fraction of sp³-hybridized carbons (Fsp3) is 0.316. The van der Waals surface area contributed by atoms with Gasteiger partial charge in [-0.25, -0.2) is 12.8 Å². The number of carbonyl (C=O) groups is 1. The van der Waals surface area contributed by atoms with Gasteiger partial charge < -0.3 is 4.90 Å². The summed E-state index contributed by atoms with van der Waals surface area (Å²) in [6, 6.07) is 11.0. The summed E-state index contributed by atoms with van der Waals surface area (Å²) in [7, 11) is -3.88. The molecule has 2 rings (SSSR count). The minimum Gasteiger partial charge on any atom is -0.339 e. The van der Waals surface area contributed by atoms with Gasteiger partial charge in [-0.1, -0.05) is 19.9 Å². The van der Waals surface area contributed by atoms with Crippen LogP contribution in [-0.2, 0) is 10.0 Å². The van der Waals surface area contributed by atoms with E-state index in [2.05, 4.69) is 4.72 Å². The maximum atomic E-state index is 13.0. The average Bonchev–Trinajstić information content (AvgIpc) is 2.63. The summed E-state index contributed by atoms with van der Waals surface area (Å²) in [4.78, 5) is 14.4. The minimum absolute atomic E-state index is 0.0133. The molecule has 0 aliphatic heterocycles. The second kappa shape index (κ2) is 8.80. The molecule has 0 saturated heterocycles. The predicted molar refractivity (Wildman–Crippen MR) is 100 cm³/mol. The molecule has 0 saturated carbocycles. The highest BCUT2D eigenvalue weighted by Crippen LogP contribution is 2.18. The Hall–Kier alpha value is -2.41. The van der Waals surface area contributed by atoms with Gasteiger partial charge in [0, 0.05) is 24.3 Å². The lowest BCUT2D eigenvalue weighted by molar-refractivity contribution is 0.0755. The molecule has 1 N–H and O–H groups in total. The normalized spacial score (nSPS) is 11.2. The van der Waals surface area contributed by atoms with Crippen LogP contribution in [0.2, 0.25) is 0 Å². The zero-order valence-corrected chi connectivity index (χ0v) is 15.7. The van der Waals surface area contributed by atoms with E-state index in [1.165, 1.54) is 36.4 Å². The Balaban J connectivity index is 2.26. The van der Waals surface area contributed by atoms with Gasteiger partial charge in [-0.05, 0) is 55.3 Å². The molecular formula is C19H23FN2O3S. The number of nitrogens with zero attached hydrogens (tertiary/aromatic N) is 1. The van der Waals surface area contributed by atoms with Crippen LogP contribution < -0.4 is 4.72 Å². The molecule has 2 aromatic carbocycles. The second-order valence-electron chi connectivity index (χ2n) is 5.93. The monoisotopic (exact) mass is 378 g/mol. The van der Waals surface area contributed by atoms with Gasteiger partial charge in [0.05, 0.1) is 4.90 Å². The molecule has 0 aromatic heterocycles. The molecule has 0 fully saturated rings. The zero-order valence-electron chi connectivity index (χ0n) is 14.9. The summed E-state index contributed by atoms with van der Waals surface area (Å²) < 4.78 is 40.5. The van der Waals surface area contributed by atoms with Gasteiger partial charge in [-0.3, -0.25) is 9.52 Å². The van der Waals surface area contributed by atoms with Crippen molar-refractivity contribution in [1.82, 2.24) is 4.90 Å². The van der Waals surface area contributed by atoms with Gasteiger partial charge in [0.1, 0.15) is 5.82 Å². The summed E-state index contributed by atoms with van der Waals surface area (Å²) in [5.74, 6) is -0.639. The van der Waals surface area contributed by atoms with Crippen LogP contribution in [-0.4, -0.2) is 32.3 Å². The summed E-state index contributed by atoms with van der Waals surface area (Å²) in [6.45, 7) is 5.22. The van der Waals surface area contributed by atoms with Crippen molar-refractivity contribution in [2.45, 2.75) is 31.6 Å². The second-order valence-corrected chi connectivity index (χ2v) is 7.61. The fourth-order valence-electron chi connectivity index (χ4n) is 2.57. The lowest BCUT2D eigenvalue weighted by Crippen LogP contribution is -2.32. The topological polar surface area (TPSA) is 66.5 Å². The molecule has 0 aliphatic carbocycles. The van der Waals surface area contributed by atoms with Crippen LogP contribution in [0.15, 0.2) is 53.4 Å². The van der Waals surface area contributed by atoms with Gasteiger partial charge in [0.15, 0.2) is 0 Å². The third kappa shape index (κ3) is 5.05. The number of sulfonamides is 1. The van der Waals surface area contributed by atoms with Crippen molar-refractivity contribution >= 4 is 21.6 Å². The highest BCUT2D eigenvalue weighted by atomic mass is 32.2. The van der Waals surface area contributed by atoms with E-state index in [9.17, 15) is 17.6 Å². The van der Waals surface area contributed by atoms with Crippen LogP contribution in [0.25, 0.3) is 0 Å². The van der Waals surface area contributed by atoms with Crippen molar-refractivity contribution in [3.05, 3.63) is 59.9 Å². The van der Waals surface area contributed by atoms with E-state index in [1.54, 1.807) is 17.0 Å². The zero-order chi connectivity index (χ0) is 19.2. The molecule has 1 amide bonds. The van der Waals surface area contributed by atoms with Crippen molar-refractivity contribution < 1.29 is 17.6 Å². The van der Waals surface area contributed by atoms with E-state index >= 15 is 0 Å². The van der Waals surface area contributed by atoms with Crippen molar-refractivity contribution in [1.29, 1.82) is 0 Å². The molecule has 0 aliphatic rings. The van der Waals surface area contributed by atoms with Gasteiger partial charge in [0.25, 0.3) is 15.9 Å². The number of hydrogen-bond acceptors (Lipinski definition) is 3. The third-order valence-electron chi connectivity index (χ3n) is 3.76. The Morgan fingerprint density at radius 1 is 1.04 bits per heavy atom. The largest absolute Gasteiger partial charge is 0.339 e. The molecule has 140 valence electrons. The summed E-state index contributed by atoms with van der Waals surface area (Å²) in [5, 5.41) is 0. The van der Waals surface area contributed by atoms with Crippen LogP contribution >= 0.6 is 0 Å². The number of anilines is 1. The van der Waals surface area contributed by atoms with Crippen molar-refractivity contribution in [3.8, 4) is 0 Å². The maximum absolute atomic E-state index is 13.0. The van der Waals surface area contributed by atoms with Crippen LogP contribution in [0.3, 0.4) is 0 Å². The minimum atomic E-state index is -3.88. The maximum Gasteiger partial charge on any atom is 0.261 e. The Morgan fingerprint density at radius 2 is 1.65 bits per heavy atom. The van der Waals surface area contributed by atoms with E-state index in [1.807, 2.05) is 13.8 Å². The van der Waals surface area contributed by atoms with Crippen LogP contribution in [0, 0.1) is 5.82 Å². The molecule has 2 aromatic rings. The fourth-order valence-corrected chi connectivity index (χ4v) is 3.67. The Morgan fingerprint density at radius 3 is 2.23 bits per heavy atom. The quantitative estimate of drug-likeness (QED) is 0.758. The van der Waals surface area contributed by atoms with Gasteiger partial charge in [-0.15, -0.1) is 0 Å². The van der Waals surface area contributed by atoms with Crippen LogP contribution in [0.1, 0.15) is 37.0 Å². The number of amides is 1. The van der Waals surface area contributed by atoms with Crippen molar-refractivity contribution in [2.75, 3.05) is 17.8 Å². The molecule has 7 heteroatoms. The van der Waals surface area contributed by atoms with Gasteiger partial charge in [-0.2, -0.15) is 0 Å². The summed E-state index contributed by atoms with van der Waals surface area (Å²) in [6.07, 6.45) is 1.66. The third-order valence-corrected chi connectivity index (χ3v) is 5.14. The number of halogens is 1. The molecule has 26 heavy (non-hydrogen) atoms. The molecule has 0 radical (unpaired) electrons. The molecule has 0 heterocycles. The SMILES string of the molecule is CCCN(CCC)C(=O)c1cccc(S(=O)(=O)Nc2ccc(F)cc2)c1. The Kier molecular flexibility index (Phi) is 6.74. The Labute approximate surface area is 153 Å².